The SMILES string of the molecule is Cc1cc2c(Nc3cc(Cl)c(C)cc3Cl)nc(Cl)nc2s1. The summed E-state index contributed by atoms with van der Waals surface area (Å²) in [6.45, 7) is 3.92. The lowest BCUT2D eigenvalue weighted by Gasteiger charge is -2.10. The van der Waals surface area contributed by atoms with Gasteiger partial charge in [-0.3, -0.25) is 0 Å². The van der Waals surface area contributed by atoms with E-state index < -0.39 is 0 Å². The summed E-state index contributed by atoms with van der Waals surface area (Å²) < 4.78 is 0. The molecule has 2 aromatic heterocycles. The van der Waals surface area contributed by atoms with Crippen LogP contribution in [-0.4, -0.2) is 9.97 Å². The van der Waals surface area contributed by atoms with Gasteiger partial charge in [0.05, 0.1) is 16.1 Å². The van der Waals surface area contributed by atoms with E-state index in [1.165, 1.54) is 0 Å². The Morgan fingerprint density at radius 2 is 1.76 bits per heavy atom. The van der Waals surface area contributed by atoms with Gasteiger partial charge in [0.15, 0.2) is 0 Å². The van der Waals surface area contributed by atoms with Crippen LogP contribution in [-0.2, 0) is 0 Å². The second kappa shape index (κ2) is 5.61. The summed E-state index contributed by atoms with van der Waals surface area (Å²) >= 11 is 20.0. The average molecular weight is 359 g/mol. The molecule has 0 radical (unpaired) electrons. The predicted octanol–water partition coefficient (Wildman–Crippen LogP) is 6.01. The molecule has 0 amide bonds. The zero-order valence-corrected chi connectivity index (χ0v) is 14.3. The van der Waals surface area contributed by atoms with E-state index in [9.17, 15) is 0 Å². The van der Waals surface area contributed by atoms with Crippen LogP contribution >= 0.6 is 46.1 Å². The third-order valence-corrected chi connectivity index (χ3v) is 4.82. The summed E-state index contributed by atoms with van der Waals surface area (Å²) in [6.07, 6.45) is 0. The molecule has 0 fully saturated rings. The molecule has 0 saturated heterocycles. The summed E-state index contributed by atoms with van der Waals surface area (Å²) in [7, 11) is 0. The van der Waals surface area contributed by atoms with Crippen LogP contribution in [0.3, 0.4) is 0 Å². The van der Waals surface area contributed by atoms with Crippen molar-refractivity contribution in [3.8, 4) is 0 Å². The number of hydrogen-bond acceptors (Lipinski definition) is 4. The van der Waals surface area contributed by atoms with Crippen LogP contribution in [0.1, 0.15) is 10.4 Å². The predicted molar refractivity (Wildman–Crippen MR) is 91.6 cm³/mol. The molecule has 3 nitrogen and oxygen atoms in total. The van der Waals surface area contributed by atoms with E-state index in [1.807, 2.05) is 26.0 Å². The van der Waals surface area contributed by atoms with Gasteiger partial charge in [-0.25, -0.2) is 4.98 Å². The van der Waals surface area contributed by atoms with E-state index >= 15 is 0 Å². The Morgan fingerprint density at radius 3 is 2.52 bits per heavy atom. The topological polar surface area (TPSA) is 37.8 Å². The maximum absolute atomic E-state index is 6.25. The highest BCUT2D eigenvalue weighted by Crippen LogP contribution is 2.35. The lowest BCUT2D eigenvalue weighted by Crippen LogP contribution is -1.97. The molecule has 3 rings (SSSR count). The third kappa shape index (κ3) is 2.94. The highest BCUT2D eigenvalue weighted by Gasteiger charge is 2.12. The molecule has 2 heterocycles. The molecule has 0 unspecified atom stereocenters. The van der Waals surface area contributed by atoms with Crippen LogP contribution in [0.2, 0.25) is 15.3 Å². The van der Waals surface area contributed by atoms with E-state index in [-0.39, 0.29) is 5.28 Å². The van der Waals surface area contributed by atoms with Crippen molar-refractivity contribution in [3.63, 3.8) is 0 Å². The number of anilines is 2. The molecular weight excluding hydrogens is 349 g/mol. The van der Waals surface area contributed by atoms with Gasteiger partial charge in [0.1, 0.15) is 10.6 Å². The van der Waals surface area contributed by atoms with Crippen molar-refractivity contribution >= 4 is 67.9 Å². The quantitative estimate of drug-likeness (QED) is 0.570. The largest absolute Gasteiger partial charge is 0.338 e. The van der Waals surface area contributed by atoms with Gasteiger partial charge in [-0.1, -0.05) is 23.2 Å². The molecule has 0 saturated carbocycles. The van der Waals surface area contributed by atoms with Crippen molar-refractivity contribution in [2.24, 2.45) is 0 Å². The molecule has 0 atom stereocenters. The Labute approximate surface area is 140 Å². The molecule has 3 aromatic rings. The monoisotopic (exact) mass is 357 g/mol. The maximum atomic E-state index is 6.25. The Kier molecular flexibility index (Phi) is 3.97. The van der Waals surface area contributed by atoms with Crippen molar-refractivity contribution < 1.29 is 0 Å². The zero-order chi connectivity index (χ0) is 15.1. The number of fused-ring (bicyclic) bond motifs is 1. The number of aryl methyl sites for hydroxylation is 2. The lowest BCUT2D eigenvalue weighted by atomic mass is 10.2. The molecule has 0 bridgehead atoms. The molecule has 7 heteroatoms. The normalized spacial score (nSPS) is 11.1. The van der Waals surface area contributed by atoms with Crippen LogP contribution in [0.15, 0.2) is 18.2 Å². The molecule has 0 spiro atoms. The molecule has 1 N–H and O–H groups in total. The van der Waals surface area contributed by atoms with Crippen molar-refractivity contribution in [3.05, 3.63) is 44.0 Å². The van der Waals surface area contributed by atoms with Gasteiger partial charge >= 0.3 is 0 Å². The fourth-order valence-electron chi connectivity index (χ4n) is 1.98. The van der Waals surface area contributed by atoms with Gasteiger partial charge < -0.3 is 5.32 Å². The first kappa shape index (κ1) is 14.9. The Morgan fingerprint density at radius 1 is 1.00 bits per heavy atom. The second-order valence-electron chi connectivity index (χ2n) is 4.62. The average Bonchev–Trinajstić information content (AvgIpc) is 2.76. The van der Waals surface area contributed by atoms with Gasteiger partial charge in [-0.15, -0.1) is 11.3 Å². The van der Waals surface area contributed by atoms with Crippen molar-refractivity contribution in [1.82, 2.24) is 9.97 Å². The van der Waals surface area contributed by atoms with E-state index in [4.69, 9.17) is 34.8 Å². The fraction of sp³-hybridized carbons (Fsp3) is 0.143. The first-order valence-electron chi connectivity index (χ1n) is 6.10. The van der Waals surface area contributed by atoms with E-state index in [1.54, 1.807) is 17.4 Å². The van der Waals surface area contributed by atoms with Crippen LogP contribution in [0.5, 0.6) is 0 Å². The fourth-order valence-corrected chi connectivity index (χ4v) is 3.51. The minimum Gasteiger partial charge on any atom is -0.338 e. The number of hydrogen-bond donors (Lipinski definition) is 1. The molecule has 0 aliphatic rings. The van der Waals surface area contributed by atoms with Gasteiger partial charge in [0.2, 0.25) is 5.28 Å². The smallest absolute Gasteiger partial charge is 0.225 e. The summed E-state index contributed by atoms with van der Waals surface area (Å²) in [4.78, 5) is 10.5. The van der Waals surface area contributed by atoms with E-state index in [2.05, 4.69) is 15.3 Å². The minimum absolute atomic E-state index is 0.196. The second-order valence-corrected chi connectivity index (χ2v) is 7.01. The Balaban J connectivity index is 2.11. The molecule has 108 valence electrons. The number of halogens is 3. The summed E-state index contributed by atoms with van der Waals surface area (Å²) in [5, 5.41) is 5.51. The maximum Gasteiger partial charge on any atom is 0.225 e. The molecule has 0 aliphatic heterocycles. The zero-order valence-electron chi connectivity index (χ0n) is 11.2. The highest BCUT2D eigenvalue weighted by molar-refractivity contribution is 7.18. The standard InChI is InChI=1S/C14H10Cl3N3S/c1-6-3-10(16)11(5-9(6)15)18-12-8-4-7(2)21-13(8)20-14(17)19-12/h3-5H,1-2H3,(H,18,19,20). The first-order chi connectivity index (χ1) is 9.94. The van der Waals surface area contributed by atoms with Gasteiger partial charge in [0, 0.05) is 9.90 Å². The molecule has 1 aromatic carbocycles. The molecule has 21 heavy (non-hydrogen) atoms. The van der Waals surface area contributed by atoms with Gasteiger partial charge in [-0.05, 0) is 49.2 Å². The number of nitrogens with one attached hydrogen (secondary N) is 1. The Hall–Kier alpha value is -1.07. The van der Waals surface area contributed by atoms with Crippen molar-refractivity contribution in [2.45, 2.75) is 13.8 Å². The number of thiophene rings is 1. The highest BCUT2D eigenvalue weighted by atomic mass is 35.5. The van der Waals surface area contributed by atoms with Gasteiger partial charge in [-0.2, -0.15) is 4.98 Å². The van der Waals surface area contributed by atoms with Crippen LogP contribution in [0.25, 0.3) is 10.2 Å². The summed E-state index contributed by atoms with van der Waals surface area (Å²) in [5.74, 6) is 0.621. The number of nitrogens with zero attached hydrogens (tertiary/aromatic N) is 2. The third-order valence-electron chi connectivity index (χ3n) is 2.99. The number of aromatic nitrogens is 2. The van der Waals surface area contributed by atoms with E-state index in [0.717, 1.165) is 20.7 Å². The van der Waals surface area contributed by atoms with Gasteiger partial charge in [0.25, 0.3) is 0 Å². The summed E-state index contributed by atoms with van der Waals surface area (Å²) in [5.41, 5.74) is 1.61. The molecular formula is C14H10Cl3N3S. The number of rotatable bonds is 2. The van der Waals surface area contributed by atoms with Crippen LogP contribution in [0, 0.1) is 13.8 Å². The minimum atomic E-state index is 0.196. The Bertz CT molecular complexity index is 845. The lowest BCUT2D eigenvalue weighted by molar-refractivity contribution is 1.23. The van der Waals surface area contributed by atoms with Crippen molar-refractivity contribution in [1.29, 1.82) is 0 Å². The van der Waals surface area contributed by atoms with Crippen molar-refractivity contribution in [2.75, 3.05) is 5.32 Å². The molecule has 0 aliphatic carbocycles. The van der Waals surface area contributed by atoms with E-state index in [0.29, 0.717) is 21.6 Å². The summed E-state index contributed by atoms with van der Waals surface area (Å²) in [6, 6.07) is 5.60. The van der Waals surface area contributed by atoms with Crippen LogP contribution < -0.4 is 5.32 Å². The first-order valence-corrected chi connectivity index (χ1v) is 8.05. The van der Waals surface area contributed by atoms with Crippen LogP contribution in [0.4, 0.5) is 11.5 Å². The number of benzene rings is 1.